The molecule has 0 bridgehead atoms. The number of anilines is 1. The van der Waals surface area contributed by atoms with Gasteiger partial charge < -0.3 is 10.2 Å². The summed E-state index contributed by atoms with van der Waals surface area (Å²) in [5, 5.41) is 3.23. The van der Waals surface area contributed by atoms with E-state index in [-0.39, 0.29) is 0 Å². The summed E-state index contributed by atoms with van der Waals surface area (Å²) in [5.41, 5.74) is 3.11. The standard InChI is InChI=1S/C16H27N3/c1-16(2,3)14-6-9-19(10-7-14)15-5-8-18-12-13(15)11-17-4/h5,8,12,14,17H,6-7,9-11H2,1-4H3. The van der Waals surface area contributed by atoms with Crippen molar-refractivity contribution in [3.63, 3.8) is 0 Å². The third-order valence-electron chi connectivity index (χ3n) is 4.31. The molecule has 1 aliphatic rings. The highest BCUT2D eigenvalue weighted by Gasteiger charge is 2.29. The summed E-state index contributed by atoms with van der Waals surface area (Å²) in [7, 11) is 1.99. The number of nitrogens with zero attached hydrogens (tertiary/aromatic N) is 2. The second-order valence-corrected chi connectivity index (χ2v) is 6.66. The van der Waals surface area contributed by atoms with Crippen LogP contribution >= 0.6 is 0 Å². The van der Waals surface area contributed by atoms with Crippen LogP contribution in [0.3, 0.4) is 0 Å². The molecule has 2 heterocycles. The van der Waals surface area contributed by atoms with Crippen molar-refractivity contribution >= 4 is 5.69 Å². The van der Waals surface area contributed by atoms with Gasteiger partial charge in [-0.15, -0.1) is 0 Å². The average Bonchev–Trinajstić information content (AvgIpc) is 2.39. The molecule has 1 aliphatic heterocycles. The number of pyridine rings is 1. The molecule has 0 aromatic carbocycles. The molecule has 1 aromatic heterocycles. The Morgan fingerprint density at radius 1 is 1.32 bits per heavy atom. The molecule has 1 aromatic rings. The predicted molar refractivity (Wildman–Crippen MR) is 81.4 cm³/mol. The molecule has 3 nitrogen and oxygen atoms in total. The molecule has 0 spiro atoms. The molecular weight excluding hydrogens is 234 g/mol. The van der Waals surface area contributed by atoms with Crippen LogP contribution < -0.4 is 10.2 Å². The second-order valence-electron chi connectivity index (χ2n) is 6.66. The van der Waals surface area contributed by atoms with Crippen LogP contribution in [0.5, 0.6) is 0 Å². The molecule has 3 heteroatoms. The van der Waals surface area contributed by atoms with Crippen molar-refractivity contribution in [3.8, 4) is 0 Å². The van der Waals surface area contributed by atoms with Gasteiger partial charge in [0.1, 0.15) is 0 Å². The Morgan fingerprint density at radius 3 is 2.58 bits per heavy atom. The molecule has 0 unspecified atom stereocenters. The SMILES string of the molecule is CNCc1cnccc1N1CCC(C(C)(C)C)CC1. The molecule has 0 amide bonds. The van der Waals surface area contributed by atoms with Crippen LogP contribution in [-0.4, -0.2) is 25.1 Å². The summed E-state index contributed by atoms with van der Waals surface area (Å²) < 4.78 is 0. The van der Waals surface area contributed by atoms with E-state index in [1.165, 1.54) is 37.2 Å². The van der Waals surface area contributed by atoms with Gasteiger partial charge in [0.05, 0.1) is 0 Å². The van der Waals surface area contributed by atoms with E-state index in [0.29, 0.717) is 5.41 Å². The van der Waals surface area contributed by atoms with Crippen molar-refractivity contribution in [1.82, 2.24) is 10.3 Å². The molecule has 0 atom stereocenters. The van der Waals surface area contributed by atoms with Gasteiger partial charge in [0.25, 0.3) is 0 Å². The fourth-order valence-electron chi connectivity index (χ4n) is 3.04. The minimum atomic E-state index is 0.443. The lowest BCUT2D eigenvalue weighted by molar-refractivity contribution is 0.199. The summed E-state index contributed by atoms with van der Waals surface area (Å²) in [6, 6.07) is 2.16. The zero-order valence-electron chi connectivity index (χ0n) is 12.7. The lowest BCUT2D eigenvalue weighted by atomic mass is 9.75. The van der Waals surface area contributed by atoms with Gasteiger partial charge in [0.15, 0.2) is 0 Å². The van der Waals surface area contributed by atoms with Crippen molar-refractivity contribution < 1.29 is 0 Å². The molecule has 1 saturated heterocycles. The molecule has 1 N–H and O–H groups in total. The Labute approximate surface area is 117 Å². The predicted octanol–water partition coefficient (Wildman–Crippen LogP) is 3.06. The Bertz CT molecular complexity index is 401. The molecule has 1 fully saturated rings. The highest BCUT2D eigenvalue weighted by Crippen LogP contribution is 2.36. The molecule has 0 radical (unpaired) electrons. The minimum absolute atomic E-state index is 0.443. The van der Waals surface area contributed by atoms with Crippen LogP contribution in [0.2, 0.25) is 0 Å². The molecule has 0 saturated carbocycles. The first kappa shape index (κ1) is 14.3. The molecule has 2 rings (SSSR count). The van der Waals surface area contributed by atoms with Gasteiger partial charge >= 0.3 is 0 Å². The van der Waals surface area contributed by atoms with Crippen molar-refractivity contribution in [2.24, 2.45) is 11.3 Å². The molecule has 0 aliphatic carbocycles. The number of aromatic nitrogens is 1. The zero-order valence-corrected chi connectivity index (χ0v) is 12.7. The van der Waals surface area contributed by atoms with Crippen LogP contribution in [0, 0.1) is 11.3 Å². The highest BCUT2D eigenvalue weighted by molar-refractivity contribution is 5.52. The third-order valence-corrected chi connectivity index (χ3v) is 4.31. The number of piperidine rings is 1. The number of rotatable bonds is 3. The first-order chi connectivity index (χ1) is 9.02. The largest absolute Gasteiger partial charge is 0.371 e. The van der Waals surface area contributed by atoms with Crippen LogP contribution in [0.4, 0.5) is 5.69 Å². The van der Waals surface area contributed by atoms with Gasteiger partial charge in [0, 0.05) is 43.3 Å². The molecular formula is C16H27N3. The van der Waals surface area contributed by atoms with Gasteiger partial charge in [-0.2, -0.15) is 0 Å². The second kappa shape index (κ2) is 5.91. The summed E-state index contributed by atoms with van der Waals surface area (Å²) in [6.07, 6.45) is 6.49. The quantitative estimate of drug-likeness (QED) is 0.906. The van der Waals surface area contributed by atoms with Crippen molar-refractivity contribution in [3.05, 3.63) is 24.0 Å². The fourth-order valence-corrected chi connectivity index (χ4v) is 3.04. The van der Waals surface area contributed by atoms with Gasteiger partial charge in [-0.05, 0) is 37.3 Å². The summed E-state index contributed by atoms with van der Waals surface area (Å²) in [4.78, 5) is 6.77. The van der Waals surface area contributed by atoms with Gasteiger partial charge in [0.2, 0.25) is 0 Å². The van der Waals surface area contributed by atoms with Crippen LogP contribution in [0.25, 0.3) is 0 Å². The highest BCUT2D eigenvalue weighted by atomic mass is 15.1. The van der Waals surface area contributed by atoms with Crippen molar-refractivity contribution in [2.45, 2.75) is 40.2 Å². The molecule has 106 valence electrons. The van der Waals surface area contributed by atoms with Gasteiger partial charge in [-0.3, -0.25) is 4.98 Å². The Balaban J connectivity index is 2.05. The van der Waals surface area contributed by atoms with E-state index in [9.17, 15) is 0 Å². The van der Waals surface area contributed by atoms with Crippen molar-refractivity contribution in [2.75, 3.05) is 25.0 Å². The summed E-state index contributed by atoms with van der Waals surface area (Å²) >= 11 is 0. The lowest BCUT2D eigenvalue weighted by Gasteiger charge is -2.40. The first-order valence-electron chi connectivity index (χ1n) is 7.35. The van der Waals surface area contributed by atoms with E-state index < -0.39 is 0 Å². The van der Waals surface area contributed by atoms with Gasteiger partial charge in [-0.25, -0.2) is 0 Å². The van der Waals surface area contributed by atoms with Gasteiger partial charge in [-0.1, -0.05) is 20.8 Å². The van der Waals surface area contributed by atoms with Crippen molar-refractivity contribution in [1.29, 1.82) is 0 Å². The Kier molecular flexibility index (Phi) is 4.46. The third kappa shape index (κ3) is 3.47. The van der Waals surface area contributed by atoms with E-state index in [1.807, 2.05) is 19.4 Å². The van der Waals surface area contributed by atoms with Crippen LogP contribution in [0.1, 0.15) is 39.2 Å². The van der Waals surface area contributed by atoms with Crippen LogP contribution in [-0.2, 0) is 6.54 Å². The lowest BCUT2D eigenvalue weighted by Crippen LogP contribution is -2.38. The fraction of sp³-hybridized carbons (Fsp3) is 0.688. The van der Waals surface area contributed by atoms with E-state index in [2.05, 4.69) is 42.0 Å². The normalized spacial score (nSPS) is 17.8. The first-order valence-corrected chi connectivity index (χ1v) is 7.35. The summed E-state index contributed by atoms with van der Waals surface area (Å²) in [5.74, 6) is 0.846. The van der Waals surface area contributed by atoms with E-state index >= 15 is 0 Å². The smallest absolute Gasteiger partial charge is 0.0442 e. The average molecular weight is 261 g/mol. The molecule has 19 heavy (non-hydrogen) atoms. The van der Waals surface area contributed by atoms with E-state index in [1.54, 1.807) is 0 Å². The van der Waals surface area contributed by atoms with E-state index in [0.717, 1.165) is 12.5 Å². The number of nitrogens with one attached hydrogen (secondary N) is 1. The minimum Gasteiger partial charge on any atom is -0.371 e. The monoisotopic (exact) mass is 261 g/mol. The zero-order chi connectivity index (χ0) is 13.9. The number of hydrogen-bond acceptors (Lipinski definition) is 3. The maximum absolute atomic E-state index is 4.25. The Hall–Kier alpha value is -1.09. The maximum Gasteiger partial charge on any atom is 0.0442 e. The summed E-state index contributed by atoms with van der Waals surface area (Å²) in [6.45, 7) is 10.3. The van der Waals surface area contributed by atoms with Crippen LogP contribution in [0.15, 0.2) is 18.5 Å². The number of hydrogen-bond donors (Lipinski definition) is 1. The Morgan fingerprint density at radius 2 is 2.00 bits per heavy atom. The maximum atomic E-state index is 4.25. The topological polar surface area (TPSA) is 28.2 Å². The van der Waals surface area contributed by atoms with E-state index in [4.69, 9.17) is 0 Å².